The van der Waals surface area contributed by atoms with Gasteiger partial charge in [0, 0.05) is 30.3 Å². The number of rotatable bonds is 7. The van der Waals surface area contributed by atoms with Crippen LogP contribution in [-0.2, 0) is 0 Å². The minimum atomic E-state index is -0.493. The van der Waals surface area contributed by atoms with Gasteiger partial charge in [-0.05, 0) is 25.3 Å². The zero-order valence-corrected chi connectivity index (χ0v) is 11.8. The molecule has 1 aromatic rings. The minimum Gasteiger partial charge on any atom is -0.396 e. The summed E-state index contributed by atoms with van der Waals surface area (Å²) >= 11 is 0. The highest BCUT2D eigenvalue weighted by molar-refractivity contribution is 5.96. The third-order valence-electron chi connectivity index (χ3n) is 3.41. The maximum absolute atomic E-state index is 12.1. The van der Waals surface area contributed by atoms with Gasteiger partial charge in [-0.2, -0.15) is 0 Å². The molecule has 0 aliphatic carbocycles. The van der Waals surface area contributed by atoms with E-state index < -0.39 is 4.92 Å². The number of hydrogen-bond acceptors (Lipinski definition) is 4. The second-order valence-electron chi connectivity index (χ2n) is 4.70. The number of benzene rings is 1. The summed E-state index contributed by atoms with van der Waals surface area (Å²) in [6, 6.07) is 4.46. The number of carbonyl (C=O) groups is 1. The van der Waals surface area contributed by atoms with E-state index in [1.165, 1.54) is 12.1 Å². The van der Waals surface area contributed by atoms with Crippen LogP contribution in [0.2, 0.25) is 0 Å². The minimum absolute atomic E-state index is 0.0555. The Hall–Kier alpha value is -1.95. The summed E-state index contributed by atoms with van der Waals surface area (Å²) in [5.74, 6) is -0.106. The van der Waals surface area contributed by atoms with Crippen molar-refractivity contribution < 1.29 is 14.8 Å². The molecule has 0 saturated carbocycles. The Bertz CT molecular complexity index is 488. The van der Waals surface area contributed by atoms with Crippen molar-refractivity contribution in [2.24, 2.45) is 5.92 Å². The monoisotopic (exact) mass is 280 g/mol. The van der Waals surface area contributed by atoms with Gasteiger partial charge < -0.3 is 10.4 Å². The molecule has 1 aromatic carbocycles. The lowest BCUT2D eigenvalue weighted by atomic mass is 10.0. The van der Waals surface area contributed by atoms with Crippen LogP contribution in [0.15, 0.2) is 18.2 Å². The van der Waals surface area contributed by atoms with E-state index >= 15 is 0 Å². The van der Waals surface area contributed by atoms with Crippen LogP contribution in [0.25, 0.3) is 0 Å². The van der Waals surface area contributed by atoms with E-state index in [1.54, 1.807) is 13.0 Å². The van der Waals surface area contributed by atoms with Crippen molar-refractivity contribution >= 4 is 11.6 Å². The molecular weight excluding hydrogens is 260 g/mol. The Labute approximate surface area is 118 Å². The van der Waals surface area contributed by atoms with Gasteiger partial charge in [0.05, 0.1) is 4.92 Å². The first-order valence-electron chi connectivity index (χ1n) is 6.64. The van der Waals surface area contributed by atoms with Crippen molar-refractivity contribution in [1.82, 2.24) is 5.32 Å². The highest BCUT2D eigenvalue weighted by Gasteiger charge is 2.18. The molecule has 2 N–H and O–H groups in total. The fourth-order valence-electron chi connectivity index (χ4n) is 2.03. The lowest BCUT2D eigenvalue weighted by Crippen LogP contribution is -2.30. The van der Waals surface area contributed by atoms with E-state index in [0.29, 0.717) is 24.1 Å². The van der Waals surface area contributed by atoms with Crippen LogP contribution in [0.3, 0.4) is 0 Å². The molecule has 0 aliphatic rings. The summed E-state index contributed by atoms with van der Waals surface area (Å²) in [5, 5.41) is 22.5. The Morgan fingerprint density at radius 1 is 1.50 bits per heavy atom. The SMILES string of the molecule is CCC(CCO)CNC(=O)c1cccc([N+](=O)[O-])c1C. The van der Waals surface area contributed by atoms with Crippen molar-refractivity contribution in [3.8, 4) is 0 Å². The molecule has 110 valence electrons. The molecular formula is C14H20N2O4. The van der Waals surface area contributed by atoms with Crippen LogP contribution in [0.1, 0.15) is 35.7 Å². The summed E-state index contributed by atoms with van der Waals surface area (Å²) in [6.45, 7) is 4.10. The second-order valence-corrected chi connectivity index (χ2v) is 4.70. The molecule has 1 amide bonds. The standard InChI is InChI=1S/C14H20N2O4/c1-3-11(7-8-17)9-15-14(18)12-5-4-6-13(10(12)2)16(19)20/h4-6,11,17H,3,7-9H2,1-2H3,(H,15,18). The van der Waals surface area contributed by atoms with Crippen LogP contribution in [0.4, 0.5) is 5.69 Å². The van der Waals surface area contributed by atoms with Crippen LogP contribution in [-0.4, -0.2) is 29.1 Å². The molecule has 0 aliphatic heterocycles. The van der Waals surface area contributed by atoms with E-state index in [9.17, 15) is 14.9 Å². The fourth-order valence-corrected chi connectivity index (χ4v) is 2.03. The van der Waals surface area contributed by atoms with Gasteiger partial charge in [-0.25, -0.2) is 0 Å². The van der Waals surface area contributed by atoms with Crippen molar-refractivity contribution in [1.29, 1.82) is 0 Å². The van der Waals surface area contributed by atoms with Crippen molar-refractivity contribution in [3.05, 3.63) is 39.4 Å². The molecule has 0 aromatic heterocycles. The predicted molar refractivity (Wildman–Crippen MR) is 75.7 cm³/mol. The second kappa shape index (κ2) is 7.59. The van der Waals surface area contributed by atoms with Gasteiger partial charge in [-0.3, -0.25) is 14.9 Å². The number of amides is 1. The number of aliphatic hydroxyl groups excluding tert-OH is 1. The van der Waals surface area contributed by atoms with Crippen molar-refractivity contribution in [2.45, 2.75) is 26.7 Å². The topological polar surface area (TPSA) is 92.5 Å². The Morgan fingerprint density at radius 2 is 2.20 bits per heavy atom. The number of nitro groups is 1. The van der Waals surface area contributed by atoms with Crippen LogP contribution in [0, 0.1) is 23.0 Å². The van der Waals surface area contributed by atoms with Crippen molar-refractivity contribution in [2.75, 3.05) is 13.2 Å². The normalized spacial score (nSPS) is 11.9. The summed E-state index contributed by atoms with van der Waals surface area (Å²) < 4.78 is 0. The van der Waals surface area contributed by atoms with Gasteiger partial charge in [-0.1, -0.05) is 19.4 Å². The predicted octanol–water partition coefficient (Wildman–Crippen LogP) is 2.04. The quantitative estimate of drug-likeness (QED) is 0.590. The molecule has 0 spiro atoms. The van der Waals surface area contributed by atoms with Crippen molar-refractivity contribution in [3.63, 3.8) is 0 Å². The van der Waals surface area contributed by atoms with E-state index in [1.807, 2.05) is 6.92 Å². The summed E-state index contributed by atoms with van der Waals surface area (Å²) in [6.07, 6.45) is 1.49. The number of hydrogen-bond donors (Lipinski definition) is 2. The largest absolute Gasteiger partial charge is 0.396 e. The zero-order valence-electron chi connectivity index (χ0n) is 11.8. The van der Waals surface area contributed by atoms with E-state index in [4.69, 9.17) is 5.11 Å². The summed E-state index contributed by atoms with van der Waals surface area (Å²) in [4.78, 5) is 22.4. The smallest absolute Gasteiger partial charge is 0.273 e. The highest BCUT2D eigenvalue weighted by atomic mass is 16.6. The molecule has 1 rings (SSSR count). The van der Waals surface area contributed by atoms with E-state index in [-0.39, 0.29) is 24.1 Å². The molecule has 0 saturated heterocycles. The lowest BCUT2D eigenvalue weighted by Gasteiger charge is -2.15. The number of aliphatic hydroxyl groups is 1. The molecule has 0 bridgehead atoms. The Balaban J connectivity index is 2.78. The van der Waals surface area contributed by atoms with Gasteiger partial charge in [0.15, 0.2) is 0 Å². The third kappa shape index (κ3) is 4.03. The maximum Gasteiger partial charge on any atom is 0.273 e. The summed E-state index contributed by atoms with van der Waals surface area (Å²) in [7, 11) is 0. The first kappa shape index (κ1) is 16.1. The lowest BCUT2D eigenvalue weighted by molar-refractivity contribution is -0.385. The fraction of sp³-hybridized carbons (Fsp3) is 0.500. The number of nitrogens with one attached hydrogen (secondary N) is 1. The van der Waals surface area contributed by atoms with E-state index in [0.717, 1.165) is 6.42 Å². The van der Waals surface area contributed by atoms with Gasteiger partial charge in [0.2, 0.25) is 0 Å². The maximum atomic E-state index is 12.1. The number of nitrogens with zero attached hydrogens (tertiary/aromatic N) is 1. The molecule has 1 unspecified atom stereocenters. The Kier molecular flexibility index (Phi) is 6.11. The number of carbonyl (C=O) groups excluding carboxylic acids is 1. The van der Waals surface area contributed by atoms with Gasteiger partial charge >= 0.3 is 0 Å². The molecule has 0 heterocycles. The molecule has 1 atom stereocenters. The molecule has 0 fully saturated rings. The molecule has 6 heteroatoms. The highest BCUT2D eigenvalue weighted by Crippen LogP contribution is 2.21. The first-order valence-corrected chi connectivity index (χ1v) is 6.64. The average Bonchev–Trinajstić information content (AvgIpc) is 2.43. The Morgan fingerprint density at radius 3 is 2.75 bits per heavy atom. The first-order chi connectivity index (χ1) is 9.51. The van der Waals surface area contributed by atoms with Crippen LogP contribution < -0.4 is 5.32 Å². The molecule has 6 nitrogen and oxygen atoms in total. The van der Waals surface area contributed by atoms with E-state index in [2.05, 4.69) is 5.32 Å². The summed E-state index contributed by atoms with van der Waals surface area (Å²) in [5.41, 5.74) is 0.628. The number of nitro benzene ring substituents is 1. The van der Waals surface area contributed by atoms with Gasteiger partial charge in [0.1, 0.15) is 0 Å². The zero-order chi connectivity index (χ0) is 15.1. The molecule has 0 radical (unpaired) electrons. The van der Waals surface area contributed by atoms with Gasteiger partial charge in [0.25, 0.3) is 11.6 Å². The average molecular weight is 280 g/mol. The van der Waals surface area contributed by atoms with Gasteiger partial charge in [-0.15, -0.1) is 0 Å². The molecule has 20 heavy (non-hydrogen) atoms. The third-order valence-corrected chi connectivity index (χ3v) is 3.41. The van der Waals surface area contributed by atoms with Crippen LogP contribution >= 0.6 is 0 Å². The van der Waals surface area contributed by atoms with Crippen LogP contribution in [0.5, 0.6) is 0 Å².